The van der Waals surface area contributed by atoms with Gasteiger partial charge in [0.05, 0.1) is 20.6 Å². The second-order valence-electron chi connectivity index (χ2n) is 7.10. The van der Waals surface area contributed by atoms with Crippen LogP contribution in [-0.4, -0.2) is 55.2 Å². The van der Waals surface area contributed by atoms with E-state index in [1.807, 2.05) is 14.1 Å². The Hall–Kier alpha value is -1.36. The van der Waals surface area contributed by atoms with Gasteiger partial charge in [-0.25, -0.2) is 4.79 Å². The van der Waals surface area contributed by atoms with E-state index in [0.717, 1.165) is 32.2 Å². The Morgan fingerprint density at radius 1 is 1.00 bits per heavy atom. The molecule has 0 aliphatic rings. The van der Waals surface area contributed by atoms with Crippen LogP contribution in [0.25, 0.3) is 0 Å². The van der Waals surface area contributed by atoms with Gasteiger partial charge in [0.25, 0.3) is 0 Å². The van der Waals surface area contributed by atoms with Crippen LogP contribution < -0.4 is 5.32 Å². The number of carboxylic acids is 1. The molecule has 0 radical (unpaired) electrons. The van der Waals surface area contributed by atoms with Gasteiger partial charge in [-0.05, 0) is 25.7 Å². The first-order chi connectivity index (χ1) is 11.4. The molecule has 0 unspecified atom stereocenters. The summed E-state index contributed by atoms with van der Waals surface area (Å²) in [5, 5.41) is 11.7. The molecule has 0 saturated carbocycles. The molecule has 0 aromatic rings. The zero-order valence-electron chi connectivity index (χ0n) is 15.9. The van der Waals surface area contributed by atoms with Gasteiger partial charge in [-0.1, -0.05) is 38.3 Å². The Morgan fingerprint density at radius 3 is 2.33 bits per heavy atom. The number of likely N-dealkylation sites (N-methyl/N-ethyl adjacent to an activating group) is 1. The van der Waals surface area contributed by atoms with Gasteiger partial charge in [0.1, 0.15) is 0 Å². The molecule has 5 heteroatoms. The number of carbonyl (C=O) groups is 2. The fourth-order valence-electron chi connectivity index (χ4n) is 2.63. The first-order valence-electron chi connectivity index (χ1n) is 9.33. The van der Waals surface area contributed by atoms with Gasteiger partial charge in [0.15, 0.2) is 6.54 Å². The van der Waals surface area contributed by atoms with Crippen LogP contribution >= 0.6 is 0 Å². The summed E-state index contributed by atoms with van der Waals surface area (Å²) in [6, 6.07) is 0. The molecule has 0 aromatic carbocycles. The lowest BCUT2D eigenvalue weighted by atomic mass is 10.1. The molecule has 0 aliphatic heterocycles. The highest BCUT2D eigenvalue weighted by Crippen LogP contribution is 2.08. The van der Waals surface area contributed by atoms with Gasteiger partial charge >= 0.3 is 5.97 Å². The number of quaternary nitrogens is 1. The lowest BCUT2D eigenvalue weighted by Gasteiger charge is -2.27. The fraction of sp³-hybridized carbons (Fsp3) is 0.789. The number of aliphatic carboxylic acids is 1. The number of carbonyl (C=O) groups excluding carboxylic acids is 1. The van der Waals surface area contributed by atoms with Gasteiger partial charge in [-0.3, -0.25) is 4.79 Å². The predicted octanol–water partition coefficient (Wildman–Crippen LogP) is 3.35. The minimum absolute atomic E-state index is 0.113. The van der Waals surface area contributed by atoms with Crippen LogP contribution in [0.5, 0.6) is 0 Å². The van der Waals surface area contributed by atoms with Crippen molar-refractivity contribution >= 4 is 11.9 Å². The standard InChI is InChI=1S/C19H36N2O3/c1-4-5-6-7-8-9-10-11-12-14-18(22)20-15-13-16-21(2,3)17-19(23)24/h5-6H,4,7-17H2,1-3H3,(H-,20,22,23,24)/p+1. The second kappa shape index (κ2) is 14.0. The Balaban J connectivity index is 3.47. The maximum atomic E-state index is 11.7. The summed E-state index contributed by atoms with van der Waals surface area (Å²) in [4.78, 5) is 22.5. The quantitative estimate of drug-likeness (QED) is 0.273. The van der Waals surface area contributed by atoms with E-state index in [-0.39, 0.29) is 12.5 Å². The maximum absolute atomic E-state index is 11.7. The third-order valence-electron chi connectivity index (χ3n) is 4.00. The lowest BCUT2D eigenvalue weighted by molar-refractivity contribution is -0.883. The van der Waals surface area contributed by atoms with E-state index in [0.29, 0.717) is 17.4 Å². The van der Waals surface area contributed by atoms with Crippen molar-refractivity contribution in [3.05, 3.63) is 12.2 Å². The monoisotopic (exact) mass is 341 g/mol. The molecule has 0 atom stereocenters. The molecule has 0 saturated heterocycles. The summed E-state index contributed by atoms with van der Waals surface area (Å²) in [6.45, 7) is 3.64. The third-order valence-corrected chi connectivity index (χ3v) is 4.00. The van der Waals surface area contributed by atoms with Gasteiger partial charge in [0, 0.05) is 19.4 Å². The van der Waals surface area contributed by atoms with Gasteiger partial charge in [-0.15, -0.1) is 0 Å². The molecular weight excluding hydrogens is 304 g/mol. The van der Waals surface area contributed by atoms with Crippen molar-refractivity contribution in [2.45, 2.75) is 64.7 Å². The highest BCUT2D eigenvalue weighted by atomic mass is 16.4. The van der Waals surface area contributed by atoms with Crippen molar-refractivity contribution < 1.29 is 19.2 Å². The number of rotatable bonds is 15. The molecule has 140 valence electrons. The maximum Gasteiger partial charge on any atom is 0.359 e. The van der Waals surface area contributed by atoms with Gasteiger partial charge in [0.2, 0.25) is 5.91 Å². The van der Waals surface area contributed by atoms with Crippen LogP contribution in [-0.2, 0) is 9.59 Å². The van der Waals surface area contributed by atoms with Crippen molar-refractivity contribution in [3.8, 4) is 0 Å². The van der Waals surface area contributed by atoms with E-state index in [2.05, 4.69) is 24.4 Å². The Labute approximate surface area is 147 Å². The zero-order chi connectivity index (χ0) is 18.3. The van der Waals surface area contributed by atoms with E-state index < -0.39 is 5.97 Å². The van der Waals surface area contributed by atoms with Crippen LogP contribution in [0.3, 0.4) is 0 Å². The van der Waals surface area contributed by atoms with Crippen LogP contribution in [0, 0.1) is 0 Å². The number of nitrogens with one attached hydrogen (secondary N) is 1. The molecule has 0 fully saturated rings. The van der Waals surface area contributed by atoms with Gasteiger partial charge < -0.3 is 14.9 Å². The van der Waals surface area contributed by atoms with Crippen LogP contribution in [0.2, 0.25) is 0 Å². The molecule has 0 aliphatic carbocycles. The van der Waals surface area contributed by atoms with Crippen molar-refractivity contribution in [1.29, 1.82) is 0 Å². The number of carboxylic acid groups (broad SMARTS) is 1. The largest absolute Gasteiger partial charge is 0.477 e. The molecule has 0 heterocycles. The Morgan fingerprint density at radius 2 is 1.67 bits per heavy atom. The second-order valence-corrected chi connectivity index (χ2v) is 7.10. The summed E-state index contributed by atoms with van der Waals surface area (Å²) < 4.78 is 0.443. The first kappa shape index (κ1) is 22.6. The Bertz CT molecular complexity index is 379. The molecule has 2 N–H and O–H groups in total. The SMILES string of the molecule is CCC=CCCCCCCCC(=O)NCCC[N+](C)(C)CC(=O)O. The predicted molar refractivity (Wildman–Crippen MR) is 98.9 cm³/mol. The Kier molecular flexibility index (Phi) is 13.2. The molecule has 0 spiro atoms. The molecule has 5 nitrogen and oxygen atoms in total. The minimum atomic E-state index is -0.787. The van der Waals surface area contributed by atoms with Crippen LogP contribution in [0.15, 0.2) is 12.2 Å². The van der Waals surface area contributed by atoms with Crippen molar-refractivity contribution in [1.82, 2.24) is 5.32 Å². The number of unbranched alkanes of at least 4 members (excludes halogenated alkanes) is 5. The number of hydrogen-bond donors (Lipinski definition) is 2. The summed E-state index contributed by atoms with van der Waals surface area (Å²) in [6.07, 6.45) is 13.9. The van der Waals surface area contributed by atoms with Gasteiger partial charge in [-0.2, -0.15) is 0 Å². The average Bonchev–Trinajstić information content (AvgIpc) is 2.48. The van der Waals surface area contributed by atoms with E-state index in [1.165, 1.54) is 25.7 Å². The molecule has 0 bridgehead atoms. The fourth-order valence-corrected chi connectivity index (χ4v) is 2.63. The topological polar surface area (TPSA) is 66.4 Å². The zero-order valence-corrected chi connectivity index (χ0v) is 15.9. The van der Waals surface area contributed by atoms with Crippen LogP contribution in [0.1, 0.15) is 64.7 Å². The molecule has 24 heavy (non-hydrogen) atoms. The van der Waals surface area contributed by atoms with Crippen molar-refractivity contribution in [2.24, 2.45) is 0 Å². The van der Waals surface area contributed by atoms with E-state index in [4.69, 9.17) is 5.11 Å². The summed E-state index contributed by atoms with van der Waals surface area (Å²) in [5.41, 5.74) is 0. The molecular formula is C19H37N2O3+. The average molecular weight is 342 g/mol. The lowest BCUT2D eigenvalue weighted by Crippen LogP contribution is -2.45. The summed E-state index contributed by atoms with van der Waals surface area (Å²) >= 11 is 0. The third kappa shape index (κ3) is 15.5. The number of hydrogen-bond acceptors (Lipinski definition) is 2. The molecule has 0 rings (SSSR count). The van der Waals surface area contributed by atoms with Crippen molar-refractivity contribution in [3.63, 3.8) is 0 Å². The minimum Gasteiger partial charge on any atom is -0.477 e. The first-order valence-corrected chi connectivity index (χ1v) is 9.33. The summed E-state index contributed by atoms with van der Waals surface area (Å²) in [5.74, 6) is -0.671. The van der Waals surface area contributed by atoms with Crippen molar-refractivity contribution in [2.75, 3.05) is 33.7 Å². The smallest absolute Gasteiger partial charge is 0.359 e. The summed E-state index contributed by atoms with van der Waals surface area (Å²) in [7, 11) is 3.79. The van der Waals surface area contributed by atoms with E-state index in [1.54, 1.807) is 0 Å². The normalized spacial score (nSPS) is 11.8. The number of nitrogens with zero attached hydrogens (tertiary/aromatic N) is 1. The van der Waals surface area contributed by atoms with E-state index >= 15 is 0 Å². The molecule has 0 aromatic heterocycles. The molecule has 1 amide bonds. The van der Waals surface area contributed by atoms with E-state index in [9.17, 15) is 9.59 Å². The number of allylic oxidation sites excluding steroid dienone is 2. The highest BCUT2D eigenvalue weighted by Gasteiger charge is 2.18. The van der Waals surface area contributed by atoms with Crippen LogP contribution in [0.4, 0.5) is 0 Å². The highest BCUT2D eigenvalue weighted by molar-refractivity contribution is 5.75. The number of amides is 1.